The van der Waals surface area contributed by atoms with Crippen LogP contribution in [0, 0.1) is 0 Å². The van der Waals surface area contributed by atoms with E-state index in [1.807, 2.05) is 0 Å². The van der Waals surface area contributed by atoms with Gasteiger partial charge >= 0.3 is 13.6 Å². The van der Waals surface area contributed by atoms with Gasteiger partial charge in [-0.2, -0.15) is 4.98 Å². The average molecular weight is 693 g/mol. The number of alkyl halides is 1. The van der Waals surface area contributed by atoms with Crippen molar-refractivity contribution in [3.8, 4) is 0 Å². The van der Waals surface area contributed by atoms with Crippen molar-refractivity contribution in [3.63, 3.8) is 0 Å². The van der Waals surface area contributed by atoms with Crippen LogP contribution in [0.25, 0.3) is 22.3 Å². The first-order valence-corrected chi connectivity index (χ1v) is 18.2. The van der Waals surface area contributed by atoms with Crippen molar-refractivity contribution < 1.29 is 41.1 Å². The van der Waals surface area contributed by atoms with Gasteiger partial charge in [-0.15, -0.1) is 0 Å². The lowest BCUT2D eigenvalue weighted by atomic mass is 10.1. The molecule has 3 fully saturated rings. The number of aromatic amines is 1. The summed E-state index contributed by atoms with van der Waals surface area (Å²) in [4.78, 5) is 34.9. The molecule has 4 aromatic rings. The van der Waals surface area contributed by atoms with Crippen molar-refractivity contribution in [2.45, 2.75) is 49.5 Å². The first-order chi connectivity index (χ1) is 20.9. The largest absolute Gasteiger partial charge is 0.386 e. The Labute approximate surface area is 255 Å². The average Bonchev–Trinajstić information content (AvgIpc) is 3.72. The van der Waals surface area contributed by atoms with E-state index in [1.165, 1.54) is 28.1 Å². The molecule has 5 N–H and O–H groups in total. The SMILES string of the molecule is Nc1nc2c(ncn2[C@@H]2O[C@@H]3CO[P@@](=O)(S)O[C@H]4[C@H](F)[C@H](n5cnc6c(N)ncnc65)O[C@@H]4CO[P@](=O)(S)O[C@@H]2C3)c(=O)[nH]1. The fourth-order valence-corrected chi connectivity index (χ4v) is 8.25. The van der Waals surface area contributed by atoms with Crippen LogP contribution in [0.15, 0.2) is 23.8 Å². The molecule has 2 bridgehead atoms. The fourth-order valence-electron chi connectivity index (χ4n) is 5.26. The molecule has 0 aliphatic carbocycles. The van der Waals surface area contributed by atoms with E-state index >= 15 is 4.39 Å². The lowest BCUT2D eigenvalue weighted by Gasteiger charge is -2.26. The molecule has 9 atom stereocenters. The molecule has 0 aromatic carbocycles. The van der Waals surface area contributed by atoms with Gasteiger partial charge in [-0.05, 0) is 0 Å². The number of imidazole rings is 2. The summed E-state index contributed by atoms with van der Waals surface area (Å²) in [6.07, 6.45) is -5.49. The van der Waals surface area contributed by atoms with Crippen LogP contribution in [-0.4, -0.2) is 82.8 Å². The van der Waals surface area contributed by atoms with Gasteiger partial charge in [0.25, 0.3) is 5.56 Å². The maximum Gasteiger partial charge on any atom is 0.386 e. The predicted octanol–water partition coefficient (Wildman–Crippen LogP) is 1.54. The predicted molar refractivity (Wildman–Crippen MR) is 154 cm³/mol. The van der Waals surface area contributed by atoms with E-state index in [1.54, 1.807) is 0 Å². The summed E-state index contributed by atoms with van der Waals surface area (Å²) in [5.74, 6) is -0.107. The second-order valence-electron chi connectivity index (χ2n) is 9.99. The van der Waals surface area contributed by atoms with Gasteiger partial charge < -0.3 is 20.9 Å². The molecule has 3 aliphatic rings. The van der Waals surface area contributed by atoms with Gasteiger partial charge in [0.1, 0.15) is 30.2 Å². The molecule has 0 amide bonds. The standard InChI is InChI=1S/C20H23FN10O9P2S2/c21-10-13-9(38-19(10)30-5-26-11-14(22)24-4-25-15(11)30)3-36-41(33,43)39-8-1-7(2-35-42(34,44)40-13)37-18(8)31-6-27-12-16(31)28-20(23)29-17(12)32/h4-10,13,18-19H,1-3H2,(H,33,43)(H,34,44)(H2,22,24,25)(H3,23,28,29,32)/t7-,8+,9+,10-,13+,18+,19+,41-,42+/m0/s1. The van der Waals surface area contributed by atoms with Crippen molar-refractivity contribution in [2.75, 3.05) is 24.7 Å². The molecule has 0 saturated carbocycles. The van der Waals surface area contributed by atoms with E-state index in [9.17, 15) is 13.9 Å². The Morgan fingerprint density at radius 2 is 1.61 bits per heavy atom. The molecule has 0 radical (unpaired) electrons. The topological polar surface area (TPSA) is 249 Å². The number of H-pyrrole nitrogens is 1. The molecule has 0 unspecified atom stereocenters. The second kappa shape index (κ2) is 11.0. The number of fused-ring (bicyclic) bond motifs is 5. The quantitative estimate of drug-likeness (QED) is 0.148. The Hall–Kier alpha value is -2.65. The molecule has 3 saturated heterocycles. The Balaban J connectivity index is 1.19. The molecule has 7 heterocycles. The van der Waals surface area contributed by atoms with Gasteiger partial charge in [0, 0.05) is 6.42 Å². The monoisotopic (exact) mass is 692 g/mol. The molecule has 236 valence electrons. The fraction of sp³-hybridized carbons (Fsp3) is 0.500. The molecular weight excluding hydrogens is 669 g/mol. The number of halogens is 1. The minimum atomic E-state index is -4.27. The number of aromatic nitrogens is 8. The van der Waals surface area contributed by atoms with Crippen LogP contribution < -0.4 is 17.0 Å². The van der Waals surface area contributed by atoms with E-state index in [-0.39, 0.29) is 47.1 Å². The van der Waals surface area contributed by atoms with E-state index in [4.69, 9.17) is 39.0 Å². The highest BCUT2D eigenvalue weighted by Crippen LogP contribution is 2.60. The number of hydrogen-bond donors (Lipinski definition) is 5. The Morgan fingerprint density at radius 1 is 0.909 bits per heavy atom. The molecule has 4 aromatic heterocycles. The van der Waals surface area contributed by atoms with Gasteiger partial charge in [0.15, 0.2) is 41.3 Å². The van der Waals surface area contributed by atoms with Gasteiger partial charge in [0.05, 0.1) is 32.0 Å². The maximum absolute atomic E-state index is 16.0. The summed E-state index contributed by atoms with van der Waals surface area (Å²) in [5.41, 5.74) is 11.4. The Morgan fingerprint density at radius 3 is 2.41 bits per heavy atom. The van der Waals surface area contributed by atoms with Gasteiger partial charge in [-0.1, -0.05) is 24.5 Å². The van der Waals surface area contributed by atoms with Crippen molar-refractivity contribution >= 4 is 72.2 Å². The molecule has 44 heavy (non-hydrogen) atoms. The number of rotatable bonds is 2. The van der Waals surface area contributed by atoms with E-state index in [2.05, 4.69) is 54.4 Å². The summed E-state index contributed by atoms with van der Waals surface area (Å²) in [7, 11) is 0. The van der Waals surface area contributed by atoms with Gasteiger partial charge in [0.2, 0.25) is 5.95 Å². The molecule has 7 rings (SSSR count). The highest BCUT2D eigenvalue weighted by atomic mass is 32.7. The van der Waals surface area contributed by atoms with Crippen LogP contribution in [-0.2, 0) is 36.7 Å². The van der Waals surface area contributed by atoms with Crippen LogP contribution in [0.3, 0.4) is 0 Å². The number of anilines is 2. The van der Waals surface area contributed by atoms with E-state index < -0.39 is 68.8 Å². The number of ether oxygens (including phenoxy) is 2. The van der Waals surface area contributed by atoms with Crippen LogP contribution >= 0.6 is 38.1 Å². The zero-order chi connectivity index (χ0) is 31.0. The number of thiol groups is 2. The Bertz CT molecular complexity index is 1910. The third-order valence-electron chi connectivity index (χ3n) is 7.15. The van der Waals surface area contributed by atoms with Gasteiger partial charge in [-0.25, -0.2) is 33.5 Å². The van der Waals surface area contributed by atoms with Crippen molar-refractivity contribution in [1.29, 1.82) is 0 Å². The smallest absolute Gasteiger partial charge is 0.382 e. The summed E-state index contributed by atoms with van der Waals surface area (Å²) in [5, 5.41) is 0. The van der Waals surface area contributed by atoms with Crippen molar-refractivity contribution in [3.05, 3.63) is 29.3 Å². The minimum absolute atomic E-state index is 0.0283. The Kier molecular flexibility index (Phi) is 7.51. The number of nitrogen functional groups attached to an aromatic ring is 2. The molecular formula is C20H23FN10O9P2S2. The maximum atomic E-state index is 16.0. The lowest BCUT2D eigenvalue weighted by Crippen LogP contribution is -2.33. The summed E-state index contributed by atoms with van der Waals surface area (Å²) >= 11 is 8.16. The zero-order valence-electron chi connectivity index (χ0n) is 22.0. The highest BCUT2D eigenvalue weighted by Gasteiger charge is 2.52. The third kappa shape index (κ3) is 5.42. The van der Waals surface area contributed by atoms with E-state index in [0.717, 1.165) is 0 Å². The minimum Gasteiger partial charge on any atom is -0.382 e. The normalized spacial score (nSPS) is 36.6. The van der Waals surface area contributed by atoms with Gasteiger partial charge in [-0.3, -0.25) is 37.0 Å². The number of nitrogens with two attached hydrogens (primary N) is 2. The molecule has 24 heteroatoms. The van der Waals surface area contributed by atoms with Crippen molar-refractivity contribution in [1.82, 2.24) is 39.0 Å². The van der Waals surface area contributed by atoms with Crippen molar-refractivity contribution in [2.24, 2.45) is 0 Å². The van der Waals surface area contributed by atoms with Crippen LogP contribution in [0.4, 0.5) is 16.2 Å². The lowest BCUT2D eigenvalue weighted by molar-refractivity contribution is -0.0561. The first kappa shape index (κ1) is 30.0. The zero-order valence-corrected chi connectivity index (χ0v) is 25.6. The van der Waals surface area contributed by atoms with Crippen LogP contribution in [0.1, 0.15) is 18.9 Å². The van der Waals surface area contributed by atoms with Crippen LogP contribution in [0.5, 0.6) is 0 Å². The highest BCUT2D eigenvalue weighted by molar-refractivity contribution is 8.44. The summed E-state index contributed by atoms with van der Waals surface area (Å²) in [6, 6.07) is 0. The second-order valence-corrected chi connectivity index (χ2v) is 15.7. The molecule has 0 spiro atoms. The number of hydrogen-bond acceptors (Lipinski definition) is 16. The summed E-state index contributed by atoms with van der Waals surface area (Å²) in [6.45, 7) is -9.43. The molecule has 19 nitrogen and oxygen atoms in total. The number of nitrogens with one attached hydrogen (secondary N) is 1. The van der Waals surface area contributed by atoms with E-state index in [0.29, 0.717) is 0 Å². The molecule has 3 aliphatic heterocycles. The third-order valence-corrected chi connectivity index (χ3v) is 10.4. The summed E-state index contributed by atoms with van der Waals surface area (Å²) < 4.78 is 79.6. The first-order valence-electron chi connectivity index (χ1n) is 12.8. The van der Waals surface area contributed by atoms with Crippen LogP contribution in [0.2, 0.25) is 0 Å². The number of nitrogens with zero attached hydrogens (tertiary/aromatic N) is 7.